The van der Waals surface area contributed by atoms with E-state index in [1.54, 1.807) is 4.90 Å². The average molecular weight is 622 g/mol. The fraction of sp³-hybridized carbons (Fsp3) is 0.378. The van der Waals surface area contributed by atoms with Gasteiger partial charge in [0.25, 0.3) is 5.91 Å². The molecule has 46 heavy (non-hydrogen) atoms. The van der Waals surface area contributed by atoms with Gasteiger partial charge in [-0.05, 0) is 57.9 Å². The maximum Gasteiger partial charge on any atom is 0.410 e. The summed E-state index contributed by atoms with van der Waals surface area (Å²) >= 11 is 0. The monoisotopic (exact) mass is 621 g/mol. The molecule has 2 amide bonds. The van der Waals surface area contributed by atoms with Gasteiger partial charge in [-0.2, -0.15) is 0 Å². The first-order valence-electron chi connectivity index (χ1n) is 16.1. The molecule has 4 aromatic rings. The Hall–Kier alpha value is -4.63. The fourth-order valence-corrected chi connectivity index (χ4v) is 6.32. The van der Waals surface area contributed by atoms with Gasteiger partial charge in [-0.15, -0.1) is 0 Å². The fourth-order valence-electron chi connectivity index (χ4n) is 6.32. The Morgan fingerprint density at radius 2 is 1.54 bits per heavy atom. The maximum atomic E-state index is 14.7. The molecule has 2 fully saturated rings. The number of ether oxygens (including phenoxy) is 2. The summed E-state index contributed by atoms with van der Waals surface area (Å²) in [5, 5.41) is 0. The highest BCUT2D eigenvalue weighted by molar-refractivity contribution is 5.99. The zero-order valence-electron chi connectivity index (χ0n) is 27.2. The molecular formula is C37H43N5O4. The third-order valence-corrected chi connectivity index (χ3v) is 8.47. The molecule has 2 aliphatic heterocycles. The Morgan fingerprint density at radius 1 is 0.870 bits per heavy atom. The standard InChI is InChI=1S/C37H43N5O4/c1-27-38-33(34(29-14-9-6-10-15-29)42(27)31-17-11-16-30(25-31)39-20-22-45-23-21-39)35(43)41-19-18-40(36(44)46-37(2,3)4)26-32(41)24-28-12-7-5-8-13-28/h5-17,25,32H,18-24,26H2,1-4H3/t32-/m1/s1. The second-order valence-electron chi connectivity index (χ2n) is 12.9. The summed E-state index contributed by atoms with van der Waals surface area (Å²) in [6, 6.07) is 28.2. The van der Waals surface area contributed by atoms with Gasteiger partial charge < -0.3 is 24.2 Å². The second kappa shape index (κ2) is 13.4. The second-order valence-corrected chi connectivity index (χ2v) is 12.9. The third-order valence-electron chi connectivity index (χ3n) is 8.47. The first-order valence-corrected chi connectivity index (χ1v) is 16.1. The Labute approximate surface area is 271 Å². The summed E-state index contributed by atoms with van der Waals surface area (Å²) in [5.41, 5.74) is 4.63. The molecule has 6 rings (SSSR count). The molecule has 240 valence electrons. The van der Waals surface area contributed by atoms with Crippen LogP contribution in [0, 0.1) is 6.92 Å². The summed E-state index contributed by atoms with van der Waals surface area (Å²) in [6.07, 6.45) is 0.247. The van der Waals surface area contributed by atoms with Gasteiger partial charge in [0, 0.05) is 49.7 Å². The number of rotatable bonds is 6. The van der Waals surface area contributed by atoms with Gasteiger partial charge in [0.05, 0.1) is 24.9 Å². The zero-order chi connectivity index (χ0) is 32.3. The lowest BCUT2D eigenvalue weighted by atomic mass is 10.0. The van der Waals surface area contributed by atoms with Crippen molar-refractivity contribution in [2.75, 3.05) is 50.8 Å². The van der Waals surface area contributed by atoms with Gasteiger partial charge in [-0.3, -0.25) is 9.36 Å². The van der Waals surface area contributed by atoms with Crippen LogP contribution in [0.4, 0.5) is 10.5 Å². The van der Waals surface area contributed by atoms with Crippen molar-refractivity contribution >= 4 is 17.7 Å². The number of benzene rings is 3. The predicted octanol–water partition coefficient (Wildman–Crippen LogP) is 5.99. The van der Waals surface area contributed by atoms with Crippen molar-refractivity contribution in [3.05, 3.63) is 102 Å². The lowest BCUT2D eigenvalue weighted by Gasteiger charge is -2.41. The molecule has 2 saturated heterocycles. The van der Waals surface area contributed by atoms with Crippen LogP contribution in [0.15, 0.2) is 84.9 Å². The van der Waals surface area contributed by atoms with Gasteiger partial charge in [0.2, 0.25) is 0 Å². The van der Waals surface area contributed by atoms with Gasteiger partial charge in [0.15, 0.2) is 5.69 Å². The van der Waals surface area contributed by atoms with E-state index >= 15 is 0 Å². The highest BCUT2D eigenvalue weighted by Crippen LogP contribution is 2.32. The molecule has 1 aromatic heterocycles. The van der Waals surface area contributed by atoms with Gasteiger partial charge >= 0.3 is 6.09 Å². The summed E-state index contributed by atoms with van der Waals surface area (Å²) in [7, 11) is 0. The van der Waals surface area contributed by atoms with Crippen LogP contribution in [-0.4, -0.2) is 88.9 Å². The van der Waals surface area contributed by atoms with Gasteiger partial charge in [0.1, 0.15) is 11.4 Å². The molecular weight excluding hydrogens is 578 g/mol. The largest absolute Gasteiger partial charge is 0.444 e. The summed E-state index contributed by atoms with van der Waals surface area (Å²) < 4.78 is 13.4. The molecule has 3 aromatic carbocycles. The van der Waals surface area contributed by atoms with Gasteiger partial charge in [-0.25, -0.2) is 9.78 Å². The Morgan fingerprint density at radius 3 is 2.24 bits per heavy atom. The average Bonchev–Trinajstić information content (AvgIpc) is 3.42. The minimum Gasteiger partial charge on any atom is -0.444 e. The number of anilines is 1. The molecule has 3 heterocycles. The number of amides is 2. The van der Waals surface area contributed by atoms with Crippen LogP contribution >= 0.6 is 0 Å². The molecule has 9 nitrogen and oxygen atoms in total. The number of aryl methyl sites for hydroxylation is 1. The van der Waals surface area contributed by atoms with E-state index in [0.717, 1.165) is 47.1 Å². The lowest BCUT2D eigenvalue weighted by molar-refractivity contribution is 0.00429. The van der Waals surface area contributed by atoms with E-state index in [1.807, 2.05) is 81.1 Å². The van der Waals surface area contributed by atoms with Crippen LogP contribution in [0.1, 0.15) is 42.6 Å². The number of aromatic nitrogens is 2. The van der Waals surface area contributed by atoms with Crippen molar-refractivity contribution in [3.63, 3.8) is 0 Å². The Bertz CT molecular complexity index is 1660. The van der Waals surface area contributed by atoms with Crippen molar-refractivity contribution < 1.29 is 19.1 Å². The van der Waals surface area contributed by atoms with E-state index in [0.29, 0.717) is 45.0 Å². The molecule has 0 saturated carbocycles. The Balaban J connectivity index is 1.38. The first-order chi connectivity index (χ1) is 22.2. The number of piperazine rings is 1. The molecule has 0 unspecified atom stereocenters. The van der Waals surface area contributed by atoms with Crippen molar-refractivity contribution in [1.29, 1.82) is 0 Å². The van der Waals surface area contributed by atoms with Crippen molar-refractivity contribution in [2.24, 2.45) is 0 Å². The molecule has 0 aliphatic carbocycles. The van der Waals surface area contributed by atoms with E-state index in [2.05, 4.69) is 45.9 Å². The predicted molar refractivity (Wildman–Crippen MR) is 180 cm³/mol. The maximum absolute atomic E-state index is 14.7. The normalized spacial score (nSPS) is 17.2. The number of hydrogen-bond acceptors (Lipinski definition) is 6. The summed E-state index contributed by atoms with van der Waals surface area (Å²) in [4.78, 5) is 38.7. The van der Waals surface area contributed by atoms with Crippen LogP contribution in [0.25, 0.3) is 16.9 Å². The van der Waals surface area contributed by atoms with Crippen molar-refractivity contribution in [3.8, 4) is 16.9 Å². The van der Waals surface area contributed by atoms with E-state index in [9.17, 15) is 9.59 Å². The number of hydrogen-bond donors (Lipinski definition) is 0. The number of carbonyl (C=O) groups excluding carboxylic acids is 2. The molecule has 2 aliphatic rings. The number of nitrogens with zero attached hydrogens (tertiary/aromatic N) is 5. The van der Waals surface area contributed by atoms with Crippen LogP contribution in [0.3, 0.4) is 0 Å². The third kappa shape index (κ3) is 6.94. The van der Waals surface area contributed by atoms with Crippen LogP contribution in [-0.2, 0) is 15.9 Å². The number of imidazole rings is 1. The van der Waals surface area contributed by atoms with Crippen LogP contribution in [0.5, 0.6) is 0 Å². The highest BCUT2D eigenvalue weighted by Gasteiger charge is 2.37. The van der Waals surface area contributed by atoms with Gasteiger partial charge in [-0.1, -0.05) is 66.7 Å². The minimum atomic E-state index is -0.604. The first kappa shape index (κ1) is 31.4. The number of morpholine rings is 1. The van der Waals surface area contributed by atoms with Crippen molar-refractivity contribution in [2.45, 2.75) is 45.8 Å². The summed E-state index contributed by atoms with van der Waals surface area (Å²) in [5.74, 6) is 0.586. The summed E-state index contributed by atoms with van der Waals surface area (Å²) in [6.45, 7) is 11.8. The molecule has 9 heteroatoms. The van der Waals surface area contributed by atoms with E-state index in [-0.39, 0.29) is 18.0 Å². The zero-order valence-corrected chi connectivity index (χ0v) is 27.2. The molecule has 0 radical (unpaired) electrons. The topological polar surface area (TPSA) is 80.1 Å². The highest BCUT2D eigenvalue weighted by atomic mass is 16.6. The van der Waals surface area contributed by atoms with Crippen molar-refractivity contribution in [1.82, 2.24) is 19.4 Å². The molecule has 1 atom stereocenters. The van der Waals surface area contributed by atoms with Crippen LogP contribution in [0.2, 0.25) is 0 Å². The number of carbonyl (C=O) groups is 2. The van der Waals surface area contributed by atoms with E-state index < -0.39 is 5.60 Å². The molecule has 0 N–H and O–H groups in total. The Kier molecular flexibility index (Phi) is 9.12. The minimum absolute atomic E-state index is 0.144. The molecule has 0 bridgehead atoms. The molecule has 0 spiro atoms. The quantitative estimate of drug-likeness (QED) is 0.263. The smallest absolute Gasteiger partial charge is 0.410 e. The van der Waals surface area contributed by atoms with Crippen LogP contribution < -0.4 is 4.90 Å². The van der Waals surface area contributed by atoms with E-state index in [1.165, 1.54) is 0 Å². The lowest BCUT2D eigenvalue weighted by Crippen LogP contribution is -2.58. The van der Waals surface area contributed by atoms with E-state index in [4.69, 9.17) is 14.5 Å². The SMILES string of the molecule is Cc1nc(C(=O)N2CCN(C(=O)OC(C)(C)C)C[C@H]2Cc2ccccc2)c(-c2ccccc2)n1-c1cccc(N2CCOCC2)c1.